The molecule has 0 bridgehead atoms. The first-order valence-electron chi connectivity index (χ1n) is 4.89. The van der Waals surface area contributed by atoms with Gasteiger partial charge in [0.2, 0.25) is 0 Å². The van der Waals surface area contributed by atoms with Crippen LogP contribution in [0.2, 0.25) is 0 Å². The van der Waals surface area contributed by atoms with Crippen molar-refractivity contribution < 1.29 is 5.11 Å². The van der Waals surface area contributed by atoms with E-state index in [4.69, 9.17) is 5.11 Å². The van der Waals surface area contributed by atoms with Crippen LogP contribution >= 0.6 is 0 Å². The maximum absolute atomic E-state index is 8.54. The van der Waals surface area contributed by atoms with E-state index in [1.165, 1.54) is 0 Å². The molecule has 0 spiro atoms. The number of aliphatic hydroxyl groups excluding tert-OH is 1. The molecule has 14 heavy (non-hydrogen) atoms. The highest BCUT2D eigenvalue weighted by atomic mass is 16.3. The number of nitrogens with zero attached hydrogens (tertiary/aromatic N) is 1. The van der Waals surface area contributed by atoms with Crippen molar-refractivity contribution in [1.29, 1.82) is 0 Å². The minimum atomic E-state index is 0.253. The first-order chi connectivity index (χ1) is 6.93. The molecule has 0 aliphatic rings. The molecule has 0 radical (unpaired) electrons. The van der Waals surface area contributed by atoms with Crippen molar-refractivity contribution in [2.75, 3.05) is 31.6 Å². The molecule has 0 aliphatic carbocycles. The van der Waals surface area contributed by atoms with E-state index in [2.05, 4.69) is 15.6 Å². The van der Waals surface area contributed by atoms with Crippen molar-refractivity contribution in [2.24, 2.45) is 0 Å². The lowest BCUT2D eigenvalue weighted by atomic mass is 10.4. The van der Waals surface area contributed by atoms with Crippen LogP contribution in [0.1, 0.15) is 6.42 Å². The van der Waals surface area contributed by atoms with Crippen LogP contribution in [-0.4, -0.2) is 36.3 Å². The molecule has 0 saturated carbocycles. The number of aliphatic hydroxyl groups is 1. The van der Waals surface area contributed by atoms with Crippen LogP contribution in [0, 0.1) is 0 Å². The maximum atomic E-state index is 8.54. The molecule has 3 N–H and O–H groups in total. The van der Waals surface area contributed by atoms with Gasteiger partial charge in [0.25, 0.3) is 0 Å². The van der Waals surface area contributed by atoms with Gasteiger partial charge >= 0.3 is 0 Å². The van der Waals surface area contributed by atoms with Crippen molar-refractivity contribution in [1.82, 2.24) is 10.3 Å². The van der Waals surface area contributed by atoms with E-state index in [1.807, 2.05) is 12.1 Å². The smallest absolute Gasteiger partial charge is 0.0527 e. The minimum Gasteiger partial charge on any atom is -0.396 e. The maximum Gasteiger partial charge on any atom is 0.0527 e. The van der Waals surface area contributed by atoms with Gasteiger partial charge < -0.3 is 15.7 Å². The van der Waals surface area contributed by atoms with Crippen molar-refractivity contribution in [3.05, 3.63) is 24.5 Å². The number of aromatic nitrogens is 1. The third-order valence-corrected chi connectivity index (χ3v) is 1.80. The SMILES string of the molecule is OCCCNCCNc1cccnc1. The van der Waals surface area contributed by atoms with Gasteiger partial charge in [0.1, 0.15) is 0 Å². The van der Waals surface area contributed by atoms with E-state index in [-0.39, 0.29) is 6.61 Å². The molecule has 0 atom stereocenters. The predicted molar refractivity (Wildman–Crippen MR) is 57.3 cm³/mol. The van der Waals surface area contributed by atoms with Gasteiger partial charge in [-0.05, 0) is 25.1 Å². The Morgan fingerprint density at radius 1 is 1.29 bits per heavy atom. The highest BCUT2D eigenvalue weighted by molar-refractivity contribution is 5.39. The van der Waals surface area contributed by atoms with Gasteiger partial charge in [-0.2, -0.15) is 0 Å². The van der Waals surface area contributed by atoms with Gasteiger partial charge in [0, 0.05) is 32.1 Å². The monoisotopic (exact) mass is 195 g/mol. The summed E-state index contributed by atoms with van der Waals surface area (Å²) in [6, 6.07) is 3.89. The molecule has 0 unspecified atom stereocenters. The number of nitrogens with one attached hydrogen (secondary N) is 2. The molecule has 0 aliphatic heterocycles. The van der Waals surface area contributed by atoms with Crippen LogP contribution in [0.4, 0.5) is 5.69 Å². The number of pyridine rings is 1. The van der Waals surface area contributed by atoms with Crippen LogP contribution in [-0.2, 0) is 0 Å². The zero-order chi connectivity index (χ0) is 10.1. The Balaban J connectivity index is 1.99. The van der Waals surface area contributed by atoms with E-state index < -0.39 is 0 Å². The normalized spacial score (nSPS) is 10.1. The Morgan fingerprint density at radius 3 is 2.93 bits per heavy atom. The van der Waals surface area contributed by atoms with Crippen LogP contribution in [0.15, 0.2) is 24.5 Å². The molecule has 0 aromatic carbocycles. The van der Waals surface area contributed by atoms with Gasteiger partial charge in [-0.25, -0.2) is 0 Å². The van der Waals surface area contributed by atoms with Gasteiger partial charge in [-0.15, -0.1) is 0 Å². The molecule has 1 heterocycles. The van der Waals surface area contributed by atoms with Crippen molar-refractivity contribution >= 4 is 5.69 Å². The molecule has 0 saturated heterocycles. The molecule has 1 rings (SSSR count). The minimum absolute atomic E-state index is 0.253. The van der Waals surface area contributed by atoms with Gasteiger partial charge in [0.05, 0.1) is 5.69 Å². The van der Waals surface area contributed by atoms with Gasteiger partial charge in [0.15, 0.2) is 0 Å². The van der Waals surface area contributed by atoms with E-state index in [0.717, 1.165) is 31.7 Å². The second kappa shape index (κ2) is 7.29. The van der Waals surface area contributed by atoms with Crippen molar-refractivity contribution in [2.45, 2.75) is 6.42 Å². The number of anilines is 1. The fourth-order valence-corrected chi connectivity index (χ4v) is 1.09. The van der Waals surface area contributed by atoms with Gasteiger partial charge in [-0.1, -0.05) is 0 Å². The summed E-state index contributed by atoms with van der Waals surface area (Å²) in [4.78, 5) is 4.00. The Hall–Kier alpha value is -1.13. The topological polar surface area (TPSA) is 57.2 Å². The van der Waals surface area contributed by atoms with Crippen LogP contribution in [0.3, 0.4) is 0 Å². The lowest BCUT2D eigenvalue weighted by molar-refractivity contribution is 0.286. The van der Waals surface area contributed by atoms with Crippen molar-refractivity contribution in [3.63, 3.8) is 0 Å². The van der Waals surface area contributed by atoms with Crippen LogP contribution in [0.25, 0.3) is 0 Å². The summed E-state index contributed by atoms with van der Waals surface area (Å²) in [5, 5.41) is 15.0. The molecule has 0 fully saturated rings. The molecule has 4 nitrogen and oxygen atoms in total. The molecule has 78 valence electrons. The third kappa shape index (κ3) is 4.79. The molecular weight excluding hydrogens is 178 g/mol. The van der Waals surface area contributed by atoms with E-state index in [0.29, 0.717) is 0 Å². The Labute approximate surface area is 84.4 Å². The molecule has 1 aromatic rings. The highest BCUT2D eigenvalue weighted by Gasteiger charge is 1.89. The summed E-state index contributed by atoms with van der Waals surface area (Å²) in [7, 11) is 0. The summed E-state index contributed by atoms with van der Waals surface area (Å²) in [6.07, 6.45) is 4.37. The second-order valence-corrected chi connectivity index (χ2v) is 3.00. The summed E-state index contributed by atoms with van der Waals surface area (Å²) >= 11 is 0. The number of hydrogen-bond acceptors (Lipinski definition) is 4. The van der Waals surface area contributed by atoms with Crippen LogP contribution in [0.5, 0.6) is 0 Å². The Kier molecular flexibility index (Phi) is 5.70. The quantitative estimate of drug-likeness (QED) is 0.553. The van der Waals surface area contributed by atoms with Crippen molar-refractivity contribution in [3.8, 4) is 0 Å². The largest absolute Gasteiger partial charge is 0.396 e. The summed E-state index contributed by atoms with van der Waals surface area (Å²) < 4.78 is 0. The average Bonchev–Trinajstić information content (AvgIpc) is 2.25. The number of hydrogen-bond donors (Lipinski definition) is 3. The molecular formula is C10H17N3O. The van der Waals surface area contributed by atoms with Crippen LogP contribution < -0.4 is 10.6 Å². The summed E-state index contributed by atoms with van der Waals surface area (Å²) in [5.74, 6) is 0. The molecule has 1 aromatic heterocycles. The Morgan fingerprint density at radius 2 is 2.21 bits per heavy atom. The van der Waals surface area contributed by atoms with Gasteiger partial charge in [-0.3, -0.25) is 4.98 Å². The fourth-order valence-electron chi connectivity index (χ4n) is 1.09. The lowest BCUT2D eigenvalue weighted by Gasteiger charge is -2.06. The fraction of sp³-hybridized carbons (Fsp3) is 0.500. The zero-order valence-corrected chi connectivity index (χ0v) is 8.24. The average molecular weight is 195 g/mol. The molecule has 0 amide bonds. The lowest BCUT2D eigenvalue weighted by Crippen LogP contribution is -2.23. The molecule has 4 heteroatoms. The standard InChI is InChI=1S/C10H17N3O/c14-8-2-5-11-6-7-13-10-3-1-4-12-9-10/h1,3-4,9,11,13-14H,2,5-8H2. The predicted octanol–water partition coefficient (Wildman–Crippen LogP) is 0.465. The summed E-state index contributed by atoms with van der Waals surface area (Å²) in [5.41, 5.74) is 1.04. The summed E-state index contributed by atoms with van der Waals surface area (Å²) in [6.45, 7) is 2.89. The highest BCUT2D eigenvalue weighted by Crippen LogP contribution is 2.00. The number of rotatable bonds is 7. The Bertz CT molecular complexity index is 228. The second-order valence-electron chi connectivity index (χ2n) is 3.00. The third-order valence-electron chi connectivity index (χ3n) is 1.80. The first kappa shape index (κ1) is 10.9. The first-order valence-corrected chi connectivity index (χ1v) is 4.89. The van der Waals surface area contributed by atoms with E-state index in [9.17, 15) is 0 Å². The van der Waals surface area contributed by atoms with E-state index >= 15 is 0 Å². The van der Waals surface area contributed by atoms with E-state index in [1.54, 1.807) is 12.4 Å². The zero-order valence-electron chi connectivity index (χ0n) is 8.24.